The second-order valence-electron chi connectivity index (χ2n) is 4.58. The molecule has 1 heterocycles. The molecule has 0 atom stereocenters. The molecule has 2 aromatic rings. The van der Waals surface area contributed by atoms with Gasteiger partial charge in [-0.2, -0.15) is 0 Å². The van der Waals surface area contributed by atoms with E-state index in [1.807, 2.05) is 0 Å². The number of hydrogen-bond donors (Lipinski definition) is 2. The number of sulfone groups is 1. The summed E-state index contributed by atoms with van der Waals surface area (Å²) in [4.78, 5) is 3.57. The molecule has 122 valence electrons. The molecule has 10 heteroatoms. The minimum atomic E-state index is -3.94. The number of aromatic nitrogens is 1. The number of methoxy groups -OCH3 is 1. The van der Waals surface area contributed by atoms with Crippen LogP contribution in [0.5, 0.6) is 5.88 Å². The summed E-state index contributed by atoms with van der Waals surface area (Å²) < 4.78 is 43.6. The second-order valence-corrected chi connectivity index (χ2v) is 6.94. The van der Waals surface area contributed by atoms with Crippen LogP contribution in [0.15, 0.2) is 35.2 Å². The van der Waals surface area contributed by atoms with E-state index in [1.165, 1.54) is 25.3 Å². The first-order valence-corrected chi connectivity index (χ1v) is 8.36. The van der Waals surface area contributed by atoms with Crippen molar-refractivity contribution in [3.05, 3.63) is 46.9 Å². The van der Waals surface area contributed by atoms with Gasteiger partial charge >= 0.3 is 7.12 Å². The summed E-state index contributed by atoms with van der Waals surface area (Å²) in [6, 6.07) is 6.55. The highest BCUT2D eigenvalue weighted by Crippen LogP contribution is 2.25. The zero-order valence-corrected chi connectivity index (χ0v) is 13.5. The van der Waals surface area contributed by atoms with Crippen molar-refractivity contribution < 1.29 is 27.6 Å². The second kappa shape index (κ2) is 6.83. The number of nitrogens with zero attached hydrogens (tertiary/aromatic N) is 1. The van der Waals surface area contributed by atoms with Crippen molar-refractivity contribution in [2.45, 2.75) is 10.6 Å². The zero-order chi connectivity index (χ0) is 17.2. The minimum Gasteiger partial charge on any atom is -0.481 e. The molecular weight excluding hydrogens is 347 g/mol. The first-order chi connectivity index (χ1) is 10.8. The van der Waals surface area contributed by atoms with Crippen LogP contribution in [-0.4, -0.2) is 37.7 Å². The molecule has 2 N–H and O–H groups in total. The predicted octanol–water partition coefficient (Wildman–Crippen LogP) is 0.536. The van der Waals surface area contributed by atoms with E-state index in [1.54, 1.807) is 6.07 Å². The molecule has 0 saturated carbocycles. The van der Waals surface area contributed by atoms with Gasteiger partial charge in [0.15, 0.2) is 9.84 Å². The van der Waals surface area contributed by atoms with Crippen LogP contribution >= 0.6 is 11.6 Å². The Morgan fingerprint density at radius 3 is 2.57 bits per heavy atom. The maximum atomic E-state index is 14.0. The topological polar surface area (TPSA) is 96.7 Å². The van der Waals surface area contributed by atoms with E-state index in [4.69, 9.17) is 26.4 Å². The summed E-state index contributed by atoms with van der Waals surface area (Å²) in [5.74, 6) is -2.02. The Balaban J connectivity index is 2.46. The number of halogens is 2. The van der Waals surface area contributed by atoms with Crippen molar-refractivity contribution in [1.82, 2.24) is 4.98 Å². The fourth-order valence-corrected chi connectivity index (χ4v) is 3.78. The molecule has 0 radical (unpaired) electrons. The van der Waals surface area contributed by atoms with Crippen molar-refractivity contribution in [3.8, 4) is 5.88 Å². The van der Waals surface area contributed by atoms with E-state index in [9.17, 15) is 12.8 Å². The molecule has 1 aromatic carbocycles. The van der Waals surface area contributed by atoms with Crippen molar-refractivity contribution in [3.63, 3.8) is 0 Å². The third-order valence-corrected chi connectivity index (χ3v) is 5.13. The van der Waals surface area contributed by atoms with Crippen molar-refractivity contribution in [2.24, 2.45) is 0 Å². The maximum Gasteiger partial charge on any atom is 0.494 e. The number of pyridine rings is 1. The quantitative estimate of drug-likeness (QED) is 0.756. The van der Waals surface area contributed by atoms with Crippen LogP contribution in [0, 0.1) is 5.82 Å². The standard InChI is InChI=1S/C13H12BClFNO5S/c1-22-13-8(14(18)19)6-10(16)11(17-13)7-23(20,21)12-5-3-2-4-9(12)15/h2-6,18-19H,7H2,1H3. The lowest BCUT2D eigenvalue weighted by Gasteiger charge is -2.11. The Hall–Kier alpha value is -1.68. The Bertz CT molecular complexity index is 831. The molecule has 6 nitrogen and oxygen atoms in total. The SMILES string of the molecule is COc1nc(CS(=O)(=O)c2ccccc2Cl)c(F)cc1B(O)O. The van der Waals surface area contributed by atoms with E-state index in [-0.39, 0.29) is 21.3 Å². The van der Waals surface area contributed by atoms with Gasteiger partial charge in [-0.1, -0.05) is 23.7 Å². The van der Waals surface area contributed by atoms with Crippen LogP contribution in [0.1, 0.15) is 5.69 Å². The van der Waals surface area contributed by atoms with Gasteiger partial charge in [-0.15, -0.1) is 0 Å². The van der Waals surface area contributed by atoms with Crippen LogP contribution in [0.2, 0.25) is 5.02 Å². The van der Waals surface area contributed by atoms with Gasteiger partial charge in [-0.3, -0.25) is 0 Å². The zero-order valence-electron chi connectivity index (χ0n) is 11.9. The summed E-state index contributed by atoms with van der Waals surface area (Å²) in [6.07, 6.45) is 0. The van der Waals surface area contributed by atoms with Crippen LogP contribution in [-0.2, 0) is 15.6 Å². The minimum absolute atomic E-state index is 0.0160. The van der Waals surface area contributed by atoms with Crippen LogP contribution in [0.3, 0.4) is 0 Å². The summed E-state index contributed by atoms with van der Waals surface area (Å²) in [5, 5.41) is 18.3. The number of hydrogen-bond acceptors (Lipinski definition) is 6. The Labute approximate surface area is 137 Å². The normalized spacial score (nSPS) is 11.3. The lowest BCUT2D eigenvalue weighted by molar-refractivity contribution is 0.387. The van der Waals surface area contributed by atoms with Gasteiger partial charge in [0.25, 0.3) is 0 Å². The number of rotatable bonds is 5. The third-order valence-electron chi connectivity index (χ3n) is 3.01. The summed E-state index contributed by atoms with van der Waals surface area (Å²) in [6.45, 7) is 0. The molecule has 23 heavy (non-hydrogen) atoms. The van der Waals surface area contributed by atoms with Gasteiger partial charge in [0.1, 0.15) is 11.6 Å². The number of ether oxygens (including phenoxy) is 1. The Morgan fingerprint density at radius 1 is 1.35 bits per heavy atom. The average Bonchev–Trinajstić information content (AvgIpc) is 2.48. The molecule has 1 aromatic heterocycles. The van der Waals surface area contributed by atoms with Gasteiger partial charge in [0, 0.05) is 5.46 Å². The molecule has 2 rings (SSSR count). The summed E-state index contributed by atoms with van der Waals surface area (Å²) in [5.41, 5.74) is -0.713. The van der Waals surface area contributed by atoms with Crippen molar-refractivity contribution >= 4 is 34.0 Å². The highest BCUT2D eigenvalue weighted by atomic mass is 35.5. The Morgan fingerprint density at radius 2 is 2.00 bits per heavy atom. The molecule has 0 aliphatic carbocycles. The van der Waals surface area contributed by atoms with Gasteiger partial charge in [-0.05, 0) is 18.2 Å². The van der Waals surface area contributed by atoms with E-state index < -0.39 is 34.2 Å². The fraction of sp³-hybridized carbons (Fsp3) is 0.154. The largest absolute Gasteiger partial charge is 0.494 e. The molecular formula is C13H12BClFNO5S. The molecule has 0 amide bonds. The highest BCUT2D eigenvalue weighted by molar-refractivity contribution is 7.90. The molecule has 0 unspecified atom stereocenters. The third kappa shape index (κ3) is 3.81. The van der Waals surface area contributed by atoms with E-state index in [0.29, 0.717) is 0 Å². The highest BCUT2D eigenvalue weighted by Gasteiger charge is 2.26. The molecule has 0 bridgehead atoms. The molecule has 0 saturated heterocycles. The van der Waals surface area contributed by atoms with Crippen LogP contribution in [0.4, 0.5) is 4.39 Å². The molecule has 0 aliphatic rings. The first-order valence-electron chi connectivity index (χ1n) is 6.33. The predicted molar refractivity (Wildman–Crippen MR) is 82.9 cm³/mol. The van der Waals surface area contributed by atoms with Crippen molar-refractivity contribution in [1.29, 1.82) is 0 Å². The summed E-state index contributed by atoms with van der Waals surface area (Å²) >= 11 is 5.86. The lowest BCUT2D eigenvalue weighted by atomic mass is 9.81. The monoisotopic (exact) mass is 359 g/mol. The van der Waals surface area contributed by atoms with Crippen molar-refractivity contribution in [2.75, 3.05) is 7.11 Å². The molecule has 0 spiro atoms. The van der Waals surface area contributed by atoms with Gasteiger partial charge in [0.05, 0.1) is 22.7 Å². The Kier molecular flexibility index (Phi) is 5.25. The molecule has 0 aliphatic heterocycles. The van der Waals surface area contributed by atoms with Crippen LogP contribution < -0.4 is 10.2 Å². The van der Waals surface area contributed by atoms with Gasteiger partial charge in [0.2, 0.25) is 5.88 Å². The first kappa shape index (κ1) is 17.7. The van der Waals surface area contributed by atoms with E-state index in [0.717, 1.165) is 6.07 Å². The average molecular weight is 360 g/mol. The fourth-order valence-electron chi connectivity index (χ4n) is 1.93. The number of benzene rings is 1. The lowest BCUT2D eigenvalue weighted by Crippen LogP contribution is -2.33. The smallest absolute Gasteiger partial charge is 0.481 e. The van der Waals surface area contributed by atoms with Gasteiger partial charge in [-0.25, -0.2) is 17.8 Å². The molecule has 0 fully saturated rings. The maximum absolute atomic E-state index is 14.0. The summed E-state index contributed by atoms with van der Waals surface area (Å²) in [7, 11) is -4.75. The van der Waals surface area contributed by atoms with Gasteiger partial charge < -0.3 is 14.8 Å². The van der Waals surface area contributed by atoms with E-state index >= 15 is 0 Å². The van der Waals surface area contributed by atoms with Crippen LogP contribution in [0.25, 0.3) is 0 Å². The van der Waals surface area contributed by atoms with E-state index in [2.05, 4.69) is 4.98 Å².